The van der Waals surface area contributed by atoms with Crippen molar-refractivity contribution in [3.8, 4) is 11.5 Å². The van der Waals surface area contributed by atoms with Crippen molar-refractivity contribution < 1.29 is 27.8 Å². The van der Waals surface area contributed by atoms with E-state index in [1.807, 2.05) is 51.1 Å². The summed E-state index contributed by atoms with van der Waals surface area (Å²) in [5, 5.41) is 10.8. The van der Waals surface area contributed by atoms with Gasteiger partial charge in [0.15, 0.2) is 6.35 Å². The number of hydrogen-bond acceptors (Lipinski definition) is 5. The molecule has 3 aromatic rings. The molecule has 0 radical (unpaired) electrons. The van der Waals surface area contributed by atoms with E-state index in [9.17, 15) is 14.1 Å². The lowest BCUT2D eigenvalue weighted by Crippen LogP contribution is -2.17. The first kappa shape index (κ1) is 26.2. The summed E-state index contributed by atoms with van der Waals surface area (Å²) < 4.78 is 45.6. The zero-order valence-corrected chi connectivity index (χ0v) is 22.8. The molecule has 5 rings (SSSR count). The topological polar surface area (TPSA) is 65.0 Å². The van der Waals surface area contributed by atoms with Gasteiger partial charge in [-0.3, -0.25) is 9.09 Å². The fourth-order valence-electron chi connectivity index (χ4n) is 5.44. The van der Waals surface area contributed by atoms with E-state index in [2.05, 4.69) is 0 Å². The van der Waals surface area contributed by atoms with E-state index >= 15 is 0 Å². The maximum atomic E-state index is 14.9. The molecule has 1 saturated heterocycles. The SMILES string of the molecule is Cc1cc(OCP2(=O)OCCC(c3cccc(Cl)c3)O2)cc2c1C(c1cc(C(C)C)c(O)cc1F)CC2. The maximum absolute atomic E-state index is 14.9. The second-order valence-electron chi connectivity index (χ2n) is 10.1. The molecule has 0 saturated carbocycles. The predicted molar refractivity (Wildman–Crippen MR) is 142 cm³/mol. The molecule has 0 bridgehead atoms. The van der Waals surface area contributed by atoms with Crippen LogP contribution in [0.25, 0.3) is 0 Å². The van der Waals surface area contributed by atoms with Crippen molar-refractivity contribution in [1.29, 1.82) is 0 Å². The van der Waals surface area contributed by atoms with Gasteiger partial charge in [0.1, 0.15) is 17.3 Å². The number of hydrogen-bond donors (Lipinski definition) is 1. The molecule has 1 N–H and O–H groups in total. The fourth-order valence-corrected chi connectivity index (χ4v) is 7.14. The van der Waals surface area contributed by atoms with Crippen LogP contribution in [0.5, 0.6) is 11.5 Å². The van der Waals surface area contributed by atoms with Gasteiger partial charge in [0.25, 0.3) is 0 Å². The molecule has 3 unspecified atom stereocenters. The summed E-state index contributed by atoms with van der Waals surface area (Å²) in [4.78, 5) is 0. The molecule has 3 atom stereocenters. The molecule has 37 heavy (non-hydrogen) atoms. The lowest BCUT2D eigenvalue weighted by atomic mass is 9.87. The summed E-state index contributed by atoms with van der Waals surface area (Å²) in [5.41, 5.74) is 5.36. The first-order valence-electron chi connectivity index (χ1n) is 12.6. The second kappa shape index (κ2) is 10.4. The van der Waals surface area contributed by atoms with Gasteiger partial charge < -0.3 is 14.4 Å². The van der Waals surface area contributed by atoms with Gasteiger partial charge in [0.2, 0.25) is 0 Å². The lowest BCUT2D eigenvalue weighted by molar-refractivity contribution is 0.0725. The molecule has 1 fully saturated rings. The third kappa shape index (κ3) is 5.44. The molecular formula is C29H31ClFO5P. The van der Waals surface area contributed by atoms with Crippen LogP contribution in [0.3, 0.4) is 0 Å². The molecule has 0 amide bonds. The van der Waals surface area contributed by atoms with E-state index in [1.165, 1.54) is 6.07 Å². The van der Waals surface area contributed by atoms with Crippen LogP contribution in [0.1, 0.15) is 78.0 Å². The first-order valence-corrected chi connectivity index (χ1v) is 14.7. The van der Waals surface area contributed by atoms with Crippen molar-refractivity contribution in [1.82, 2.24) is 0 Å². The normalized spacial score (nSPS) is 23.3. The second-order valence-corrected chi connectivity index (χ2v) is 12.5. The Kier molecular flexibility index (Phi) is 7.39. The minimum Gasteiger partial charge on any atom is -0.508 e. The van der Waals surface area contributed by atoms with Crippen LogP contribution in [0.2, 0.25) is 5.02 Å². The Hall–Kier alpha value is -2.37. The Bertz CT molecular complexity index is 1370. The van der Waals surface area contributed by atoms with Gasteiger partial charge in [-0.25, -0.2) is 4.39 Å². The maximum Gasteiger partial charge on any atom is 0.368 e. The van der Waals surface area contributed by atoms with Gasteiger partial charge >= 0.3 is 7.60 Å². The largest absolute Gasteiger partial charge is 0.508 e. The molecule has 0 spiro atoms. The Morgan fingerprint density at radius 3 is 2.76 bits per heavy atom. The van der Waals surface area contributed by atoms with Crippen LogP contribution in [-0.4, -0.2) is 18.1 Å². The Morgan fingerprint density at radius 1 is 1.19 bits per heavy atom. The third-order valence-electron chi connectivity index (χ3n) is 7.21. The molecule has 196 valence electrons. The average molecular weight is 545 g/mol. The monoisotopic (exact) mass is 544 g/mol. The van der Waals surface area contributed by atoms with Crippen LogP contribution in [0, 0.1) is 12.7 Å². The van der Waals surface area contributed by atoms with Crippen LogP contribution in [0.4, 0.5) is 4.39 Å². The van der Waals surface area contributed by atoms with Crippen molar-refractivity contribution in [2.75, 3.05) is 13.0 Å². The van der Waals surface area contributed by atoms with Crippen molar-refractivity contribution in [3.63, 3.8) is 0 Å². The van der Waals surface area contributed by atoms with Gasteiger partial charge in [0, 0.05) is 23.4 Å². The minimum atomic E-state index is -3.48. The Balaban J connectivity index is 1.34. The summed E-state index contributed by atoms with van der Waals surface area (Å²) in [6, 6.07) is 14.2. The Labute approximate surface area is 222 Å². The average Bonchev–Trinajstić information content (AvgIpc) is 3.27. The fraction of sp³-hybridized carbons (Fsp3) is 0.379. The smallest absolute Gasteiger partial charge is 0.368 e. The highest BCUT2D eigenvalue weighted by molar-refractivity contribution is 7.53. The summed E-state index contributed by atoms with van der Waals surface area (Å²) in [6.45, 7) is 6.25. The third-order valence-corrected chi connectivity index (χ3v) is 9.04. The Morgan fingerprint density at radius 2 is 2.00 bits per heavy atom. The number of aromatic hydroxyl groups is 1. The highest BCUT2D eigenvalue weighted by Gasteiger charge is 2.36. The first-order chi connectivity index (χ1) is 17.6. The van der Waals surface area contributed by atoms with Crippen LogP contribution in [-0.2, 0) is 20.0 Å². The lowest BCUT2D eigenvalue weighted by Gasteiger charge is -2.30. The molecule has 8 heteroatoms. The van der Waals surface area contributed by atoms with Crippen molar-refractivity contribution in [2.45, 2.75) is 58.0 Å². The van der Waals surface area contributed by atoms with Crippen LogP contribution in [0.15, 0.2) is 48.5 Å². The van der Waals surface area contributed by atoms with E-state index in [0.29, 0.717) is 29.4 Å². The van der Waals surface area contributed by atoms with Crippen molar-refractivity contribution in [3.05, 3.63) is 92.8 Å². The zero-order chi connectivity index (χ0) is 26.3. The number of aryl methyl sites for hydroxylation is 2. The summed E-state index contributed by atoms with van der Waals surface area (Å²) in [6.07, 6.45) is 1.55. The molecule has 3 aromatic carbocycles. The molecule has 0 aromatic heterocycles. The highest BCUT2D eigenvalue weighted by Crippen LogP contribution is 2.56. The van der Waals surface area contributed by atoms with E-state index < -0.39 is 13.4 Å². The van der Waals surface area contributed by atoms with E-state index in [-0.39, 0.29) is 30.0 Å². The summed E-state index contributed by atoms with van der Waals surface area (Å²) in [7, 11) is -3.48. The van der Waals surface area contributed by atoms with Crippen LogP contribution >= 0.6 is 19.2 Å². The standard InChI is InChI=1S/C29H31ClFO5P/c1-17(2)24-14-25(26(31)15-27(24)32)23-8-7-20-13-22(11-18(3)29(20)23)34-16-37(33)35-10-9-28(36-37)19-5-4-6-21(30)12-19/h4-6,11-15,17,23,28,32H,7-10,16H2,1-3H3. The summed E-state index contributed by atoms with van der Waals surface area (Å²) in [5.74, 6) is 0.178. The van der Waals surface area contributed by atoms with Crippen molar-refractivity contribution in [2.24, 2.45) is 0 Å². The van der Waals surface area contributed by atoms with Crippen LogP contribution < -0.4 is 4.74 Å². The van der Waals surface area contributed by atoms with Gasteiger partial charge in [-0.2, -0.15) is 0 Å². The molecule has 1 aliphatic heterocycles. The zero-order valence-electron chi connectivity index (χ0n) is 21.2. The highest BCUT2D eigenvalue weighted by atomic mass is 35.5. The number of halogens is 2. The van der Waals surface area contributed by atoms with Gasteiger partial charge in [-0.1, -0.05) is 37.6 Å². The minimum absolute atomic E-state index is 0.00503. The number of ether oxygens (including phenoxy) is 1. The number of rotatable bonds is 6. The van der Waals surface area contributed by atoms with Gasteiger partial charge in [-0.15, -0.1) is 0 Å². The van der Waals surface area contributed by atoms with Gasteiger partial charge in [0.05, 0.1) is 12.7 Å². The number of phenols is 1. The molecule has 1 heterocycles. The molecule has 1 aliphatic carbocycles. The number of phenolic OH excluding ortho intramolecular Hbond substituents is 1. The van der Waals surface area contributed by atoms with E-state index in [4.69, 9.17) is 25.4 Å². The van der Waals surface area contributed by atoms with E-state index in [0.717, 1.165) is 40.7 Å². The summed E-state index contributed by atoms with van der Waals surface area (Å²) >= 11 is 6.11. The van der Waals surface area contributed by atoms with E-state index in [1.54, 1.807) is 12.1 Å². The molecule has 5 nitrogen and oxygen atoms in total. The molecular weight excluding hydrogens is 514 g/mol. The number of benzene rings is 3. The quantitative estimate of drug-likeness (QED) is 0.316. The van der Waals surface area contributed by atoms with Crippen molar-refractivity contribution >= 4 is 19.2 Å². The number of fused-ring (bicyclic) bond motifs is 1. The predicted octanol–water partition coefficient (Wildman–Crippen LogP) is 8.40. The van der Waals surface area contributed by atoms with Gasteiger partial charge in [-0.05, 0) is 89.4 Å². The molecule has 2 aliphatic rings.